The van der Waals surface area contributed by atoms with Crippen molar-refractivity contribution in [3.8, 4) is 11.5 Å². The topological polar surface area (TPSA) is 148 Å². The Kier molecular flexibility index (Phi) is 12.7. The van der Waals surface area contributed by atoms with Gasteiger partial charge in [0.15, 0.2) is 6.61 Å². The molecular weight excluding hydrogens is 665 g/mol. The van der Waals surface area contributed by atoms with Crippen LogP contribution in [0.15, 0.2) is 77.6 Å². The summed E-state index contributed by atoms with van der Waals surface area (Å²) >= 11 is 1.60. The normalized spacial score (nSPS) is 14.2. The Morgan fingerprint density at radius 1 is 1.02 bits per heavy atom. The number of amides is 3. The number of thiazole rings is 1. The van der Waals surface area contributed by atoms with Gasteiger partial charge in [0, 0.05) is 59.9 Å². The van der Waals surface area contributed by atoms with E-state index in [2.05, 4.69) is 26.3 Å². The van der Waals surface area contributed by atoms with Crippen LogP contribution in [-0.2, 0) is 17.8 Å². The Morgan fingerprint density at radius 3 is 2.63 bits per heavy atom. The van der Waals surface area contributed by atoms with E-state index in [1.165, 1.54) is 6.42 Å². The molecule has 1 atom stereocenters. The second-order valence-corrected chi connectivity index (χ2v) is 13.9. The van der Waals surface area contributed by atoms with E-state index in [0.29, 0.717) is 41.4 Å². The van der Waals surface area contributed by atoms with E-state index >= 15 is 0 Å². The number of aromatic nitrogens is 1. The molecule has 268 valence electrons. The zero-order valence-electron chi connectivity index (χ0n) is 28.8. The molecule has 3 amide bonds. The van der Waals surface area contributed by atoms with Crippen LogP contribution < -0.4 is 31.2 Å². The molecule has 1 aliphatic carbocycles. The van der Waals surface area contributed by atoms with Crippen molar-refractivity contribution in [3.05, 3.63) is 100 Å². The summed E-state index contributed by atoms with van der Waals surface area (Å²) in [4.78, 5) is 44.3. The van der Waals surface area contributed by atoms with Gasteiger partial charge in [-0.3, -0.25) is 14.4 Å². The number of benzene rings is 3. The highest BCUT2D eigenvalue weighted by Crippen LogP contribution is 2.33. The van der Waals surface area contributed by atoms with Crippen molar-refractivity contribution in [2.45, 2.75) is 70.0 Å². The van der Waals surface area contributed by atoms with E-state index < -0.39 is 0 Å². The van der Waals surface area contributed by atoms with Crippen molar-refractivity contribution in [2.24, 2.45) is 5.73 Å². The van der Waals surface area contributed by atoms with Gasteiger partial charge >= 0.3 is 0 Å². The van der Waals surface area contributed by atoms with Crippen LogP contribution in [0.5, 0.6) is 11.5 Å². The zero-order chi connectivity index (χ0) is 35.4. The number of nitrogens with two attached hydrogens (primary N) is 1. The summed E-state index contributed by atoms with van der Waals surface area (Å²) in [5, 5.41) is 11.2. The molecule has 1 aromatic heterocycles. The van der Waals surface area contributed by atoms with Crippen molar-refractivity contribution < 1.29 is 23.9 Å². The molecule has 6 rings (SSSR count). The molecule has 5 N–H and O–H groups in total. The number of anilines is 2. The largest absolute Gasteiger partial charge is 0.494 e. The fraction of sp³-hybridized carbons (Fsp3) is 0.385. The summed E-state index contributed by atoms with van der Waals surface area (Å²) < 4.78 is 11.5. The second-order valence-electron chi connectivity index (χ2n) is 13.2. The van der Waals surface area contributed by atoms with Gasteiger partial charge in [-0.25, -0.2) is 4.98 Å². The Balaban J connectivity index is 0.888. The summed E-state index contributed by atoms with van der Waals surface area (Å²) in [5.41, 5.74) is 12.3. The van der Waals surface area contributed by atoms with Crippen LogP contribution in [0.1, 0.15) is 76.9 Å². The maximum Gasteiger partial charge on any atom is 0.262 e. The molecule has 11 nitrogen and oxygen atoms in total. The fourth-order valence-electron chi connectivity index (χ4n) is 5.99. The van der Waals surface area contributed by atoms with Crippen LogP contribution in [0, 0.1) is 0 Å². The molecule has 0 saturated heterocycles. The van der Waals surface area contributed by atoms with Crippen LogP contribution in [0.25, 0.3) is 0 Å². The number of carbonyl (C=O) groups is 3. The molecule has 0 bridgehead atoms. The van der Waals surface area contributed by atoms with E-state index in [0.717, 1.165) is 75.0 Å². The van der Waals surface area contributed by atoms with Crippen molar-refractivity contribution in [1.82, 2.24) is 15.2 Å². The van der Waals surface area contributed by atoms with E-state index in [-0.39, 0.29) is 36.4 Å². The maximum atomic E-state index is 13.5. The van der Waals surface area contributed by atoms with Crippen molar-refractivity contribution in [2.75, 3.05) is 36.9 Å². The molecule has 0 spiro atoms. The third kappa shape index (κ3) is 10.9. The molecule has 0 radical (unpaired) electrons. The van der Waals surface area contributed by atoms with Gasteiger partial charge in [-0.1, -0.05) is 37.5 Å². The number of rotatable bonds is 19. The highest BCUT2D eigenvalue weighted by molar-refractivity contribution is 7.07. The van der Waals surface area contributed by atoms with Crippen LogP contribution >= 0.6 is 11.3 Å². The monoisotopic (exact) mass is 710 g/mol. The number of nitrogens with zero attached hydrogens (tertiary/aromatic N) is 2. The highest BCUT2D eigenvalue weighted by atomic mass is 32.1. The number of carbonyl (C=O) groups excluding carboxylic acids is 3. The minimum absolute atomic E-state index is 0.0667. The average molecular weight is 711 g/mol. The minimum Gasteiger partial charge on any atom is -0.494 e. The SMILES string of the molecule is N[C@H](CNCCCCCCCOc1cccc(NC(=O)c2ccc(CN(C(=O)c3ccc4c(c3)OCC(=O)N4)C3CC3)cc2)c1)Cc1cscn1. The van der Waals surface area contributed by atoms with Crippen molar-refractivity contribution in [3.63, 3.8) is 0 Å². The summed E-state index contributed by atoms with van der Waals surface area (Å²) in [7, 11) is 0. The molecule has 51 heavy (non-hydrogen) atoms. The molecule has 0 unspecified atom stereocenters. The number of ether oxygens (including phenoxy) is 2. The lowest BCUT2D eigenvalue weighted by atomic mass is 10.1. The average Bonchev–Trinajstić information content (AvgIpc) is 3.86. The fourth-order valence-corrected chi connectivity index (χ4v) is 6.56. The van der Waals surface area contributed by atoms with Gasteiger partial charge in [0.2, 0.25) is 0 Å². The Bertz CT molecular complexity index is 1760. The van der Waals surface area contributed by atoms with Gasteiger partial charge in [0.25, 0.3) is 17.7 Å². The minimum atomic E-state index is -0.217. The van der Waals surface area contributed by atoms with Crippen LogP contribution in [0.4, 0.5) is 11.4 Å². The van der Waals surface area contributed by atoms with E-state index in [9.17, 15) is 14.4 Å². The summed E-state index contributed by atoms with van der Waals surface area (Å²) in [5.74, 6) is 0.700. The van der Waals surface area contributed by atoms with Crippen molar-refractivity contribution >= 4 is 40.4 Å². The lowest BCUT2D eigenvalue weighted by molar-refractivity contribution is -0.118. The van der Waals surface area contributed by atoms with E-state index in [4.69, 9.17) is 15.2 Å². The predicted molar refractivity (Wildman–Crippen MR) is 200 cm³/mol. The Hall–Kier alpha value is -4.78. The first-order chi connectivity index (χ1) is 24.9. The highest BCUT2D eigenvalue weighted by Gasteiger charge is 2.33. The van der Waals surface area contributed by atoms with Crippen molar-refractivity contribution in [1.29, 1.82) is 0 Å². The maximum absolute atomic E-state index is 13.5. The molecule has 3 aromatic carbocycles. The molecule has 2 aliphatic rings. The summed E-state index contributed by atoms with van der Waals surface area (Å²) in [6, 6.07) is 20.2. The van der Waals surface area contributed by atoms with Crippen LogP contribution in [0.3, 0.4) is 0 Å². The lowest BCUT2D eigenvalue weighted by Gasteiger charge is -2.24. The van der Waals surface area contributed by atoms with Gasteiger partial charge in [-0.05, 0) is 80.3 Å². The van der Waals surface area contributed by atoms with Crippen LogP contribution in [-0.4, -0.2) is 66.0 Å². The smallest absolute Gasteiger partial charge is 0.262 e. The zero-order valence-corrected chi connectivity index (χ0v) is 29.6. The second kappa shape index (κ2) is 17.9. The molecular formula is C39H46N6O5S. The lowest BCUT2D eigenvalue weighted by Crippen LogP contribution is -2.36. The molecule has 1 fully saturated rings. The first-order valence-electron chi connectivity index (χ1n) is 17.8. The number of nitrogens with one attached hydrogen (secondary N) is 3. The third-order valence-corrected chi connectivity index (χ3v) is 9.53. The first kappa shape index (κ1) is 36.0. The molecule has 4 aromatic rings. The quantitative estimate of drug-likeness (QED) is 0.0865. The molecule has 2 heterocycles. The summed E-state index contributed by atoms with van der Waals surface area (Å²) in [6.45, 7) is 2.77. The Labute approximate surface area is 302 Å². The third-order valence-electron chi connectivity index (χ3n) is 8.90. The van der Waals surface area contributed by atoms with Gasteiger partial charge in [0.05, 0.1) is 23.5 Å². The molecule has 12 heteroatoms. The first-order valence-corrected chi connectivity index (χ1v) is 18.7. The van der Waals surface area contributed by atoms with Crippen LogP contribution in [0.2, 0.25) is 0 Å². The summed E-state index contributed by atoms with van der Waals surface area (Å²) in [6.07, 6.45) is 8.25. The standard InChI is InChI=1S/C39H46N6O5S/c40-30(20-32-25-51-26-42-32)22-41-17-4-2-1-3-5-18-49-34-8-6-7-31(21-34)43-38(47)28-11-9-27(10-12-28)23-45(33-14-15-33)39(48)29-13-16-35-36(19-29)50-24-37(46)44-35/h6-13,16,19,21,25-26,30,33,41H,1-5,14-15,17-18,20,22-24,40H2,(H,43,47)(H,44,46)/t30-/m0/s1. The van der Waals surface area contributed by atoms with Gasteiger partial charge in [0.1, 0.15) is 11.5 Å². The Morgan fingerprint density at radius 2 is 1.82 bits per heavy atom. The van der Waals surface area contributed by atoms with E-state index in [1.54, 1.807) is 41.7 Å². The van der Waals surface area contributed by atoms with E-state index in [1.807, 2.05) is 46.8 Å². The predicted octanol–water partition coefficient (Wildman–Crippen LogP) is 6.02. The number of hydrogen-bond donors (Lipinski definition) is 4. The number of unbranched alkanes of at least 4 members (excludes halogenated alkanes) is 4. The van der Waals surface area contributed by atoms with Gasteiger partial charge in [-0.15, -0.1) is 11.3 Å². The number of fused-ring (bicyclic) bond motifs is 1. The van der Waals surface area contributed by atoms with Gasteiger partial charge < -0.3 is 36.1 Å². The number of hydrogen-bond acceptors (Lipinski definition) is 9. The molecule has 1 saturated carbocycles. The van der Waals surface area contributed by atoms with Gasteiger partial charge in [-0.2, -0.15) is 0 Å². The molecule has 1 aliphatic heterocycles.